The molecule has 68 valence electrons. The summed E-state index contributed by atoms with van der Waals surface area (Å²) < 4.78 is 0. The van der Waals surface area contributed by atoms with Crippen LogP contribution in [-0.4, -0.2) is 34.5 Å². The maximum atomic E-state index is 11.0. The molecule has 0 saturated carbocycles. The molecule has 0 unspecified atom stereocenters. The lowest BCUT2D eigenvalue weighted by Crippen LogP contribution is -2.30. The van der Waals surface area contributed by atoms with Gasteiger partial charge in [-0.2, -0.15) is 0 Å². The lowest BCUT2D eigenvalue weighted by atomic mass is 9.81. The molecule has 0 saturated heterocycles. The predicted molar refractivity (Wildman–Crippen MR) is 47.4 cm³/mol. The van der Waals surface area contributed by atoms with Crippen molar-refractivity contribution in [1.29, 1.82) is 0 Å². The molecule has 5 nitrogen and oxygen atoms in total. The van der Waals surface area contributed by atoms with Crippen LogP contribution in [0.2, 0.25) is 0 Å². The molecule has 0 spiro atoms. The van der Waals surface area contributed by atoms with Gasteiger partial charge in [-0.1, -0.05) is 6.07 Å². The van der Waals surface area contributed by atoms with E-state index in [4.69, 9.17) is 15.8 Å². The Morgan fingerprint density at radius 3 is 2.62 bits per heavy atom. The second-order valence-electron chi connectivity index (χ2n) is 2.48. The second-order valence-corrected chi connectivity index (χ2v) is 2.48. The van der Waals surface area contributed by atoms with Gasteiger partial charge < -0.3 is 15.8 Å². The highest BCUT2D eigenvalue weighted by Gasteiger charge is 2.12. The van der Waals surface area contributed by atoms with Gasteiger partial charge in [0.1, 0.15) is 5.69 Å². The van der Waals surface area contributed by atoms with Crippen LogP contribution in [0.25, 0.3) is 0 Å². The van der Waals surface area contributed by atoms with Crippen molar-refractivity contribution in [2.45, 2.75) is 0 Å². The fraction of sp³-hybridized carbons (Fsp3) is 0.143. The maximum Gasteiger partial charge on any atom is 0.490 e. The molecule has 0 bridgehead atoms. The zero-order valence-electron chi connectivity index (χ0n) is 6.84. The van der Waals surface area contributed by atoms with Gasteiger partial charge >= 0.3 is 7.12 Å². The van der Waals surface area contributed by atoms with E-state index in [2.05, 4.69) is 4.98 Å². The van der Waals surface area contributed by atoms with Crippen LogP contribution in [0.3, 0.4) is 0 Å². The number of carbonyl (C=O) groups excluding carboxylic acids is 1. The van der Waals surface area contributed by atoms with Crippen molar-refractivity contribution in [3.05, 3.63) is 24.0 Å². The number of ketones is 1. The van der Waals surface area contributed by atoms with E-state index >= 15 is 0 Å². The first kappa shape index (κ1) is 9.85. The molecule has 0 aliphatic rings. The fourth-order valence-electron chi connectivity index (χ4n) is 0.828. The molecule has 0 fully saturated rings. The van der Waals surface area contributed by atoms with Gasteiger partial charge in [0.15, 0.2) is 5.78 Å². The Morgan fingerprint density at radius 1 is 1.54 bits per heavy atom. The van der Waals surface area contributed by atoms with E-state index < -0.39 is 7.12 Å². The molecule has 1 aromatic rings. The molecule has 0 atom stereocenters. The molecule has 1 rings (SSSR count). The first-order valence-corrected chi connectivity index (χ1v) is 3.70. The third-order valence-electron chi connectivity index (χ3n) is 1.56. The van der Waals surface area contributed by atoms with Crippen molar-refractivity contribution in [2.24, 2.45) is 5.73 Å². The Hall–Kier alpha value is -1.24. The molecular weight excluding hydrogens is 171 g/mol. The largest absolute Gasteiger partial charge is 0.490 e. The normalized spacial score (nSPS) is 9.77. The number of nitrogens with zero attached hydrogens (tertiary/aromatic N) is 1. The van der Waals surface area contributed by atoms with E-state index in [1.165, 1.54) is 18.3 Å². The molecule has 0 aromatic carbocycles. The van der Waals surface area contributed by atoms with Crippen LogP contribution in [0.15, 0.2) is 18.3 Å². The van der Waals surface area contributed by atoms with E-state index in [0.717, 1.165) is 0 Å². The molecule has 1 heterocycles. The average molecular weight is 180 g/mol. The zero-order chi connectivity index (χ0) is 9.84. The summed E-state index contributed by atoms with van der Waals surface area (Å²) in [5.74, 6) is -0.279. The van der Waals surface area contributed by atoms with Crippen molar-refractivity contribution < 1.29 is 14.8 Å². The molecule has 4 N–H and O–H groups in total. The monoisotopic (exact) mass is 180 g/mol. The molecule has 6 heteroatoms. The van der Waals surface area contributed by atoms with Crippen molar-refractivity contribution in [1.82, 2.24) is 4.98 Å². The molecular formula is C7H9BN2O3. The van der Waals surface area contributed by atoms with Crippen molar-refractivity contribution in [3.8, 4) is 0 Å². The predicted octanol–water partition coefficient (Wildman–Crippen LogP) is -2.10. The van der Waals surface area contributed by atoms with Crippen LogP contribution in [0.4, 0.5) is 0 Å². The summed E-state index contributed by atoms with van der Waals surface area (Å²) in [4.78, 5) is 14.7. The summed E-state index contributed by atoms with van der Waals surface area (Å²) in [6.45, 7) is -0.103. The van der Waals surface area contributed by atoms with Crippen LogP contribution in [0, 0.1) is 0 Å². The molecule has 1 aromatic heterocycles. The summed E-state index contributed by atoms with van der Waals surface area (Å²) in [6.07, 6.45) is 1.23. The van der Waals surface area contributed by atoms with Crippen LogP contribution < -0.4 is 11.2 Å². The Kier molecular flexibility index (Phi) is 3.13. The number of pyridine rings is 1. The summed E-state index contributed by atoms with van der Waals surface area (Å²) >= 11 is 0. The first-order valence-electron chi connectivity index (χ1n) is 3.70. The van der Waals surface area contributed by atoms with Gasteiger partial charge in [0.25, 0.3) is 0 Å². The summed E-state index contributed by atoms with van der Waals surface area (Å²) in [5, 5.41) is 17.4. The number of rotatable bonds is 3. The van der Waals surface area contributed by atoms with Crippen molar-refractivity contribution in [2.75, 3.05) is 6.54 Å². The summed E-state index contributed by atoms with van der Waals surface area (Å²) in [5.41, 5.74) is 5.59. The minimum absolute atomic E-state index is 0.103. The molecule has 0 aliphatic heterocycles. The highest BCUT2D eigenvalue weighted by Crippen LogP contribution is 1.92. The fourth-order valence-corrected chi connectivity index (χ4v) is 0.828. The van der Waals surface area contributed by atoms with Crippen LogP contribution in [-0.2, 0) is 0 Å². The number of carbonyl (C=O) groups is 1. The van der Waals surface area contributed by atoms with Gasteiger partial charge in [-0.3, -0.25) is 9.78 Å². The smallest absolute Gasteiger partial charge is 0.423 e. The van der Waals surface area contributed by atoms with Gasteiger partial charge in [-0.25, -0.2) is 0 Å². The maximum absolute atomic E-state index is 11.0. The van der Waals surface area contributed by atoms with E-state index in [1.54, 1.807) is 0 Å². The number of Topliss-reactive ketones (excluding diaryl/α,β-unsaturated/α-hetero) is 1. The number of hydrogen-bond acceptors (Lipinski definition) is 5. The van der Waals surface area contributed by atoms with Gasteiger partial charge in [0, 0.05) is 11.7 Å². The molecule has 13 heavy (non-hydrogen) atoms. The van der Waals surface area contributed by atoms with E-state index in [9.17, 15) is 4.79 Å². The minimum atomic E-state index is -1.56. The number of aromatic nitrogens is 1. The Balaban J connectivity index is 2.87. The van der Waals surface area contributed by atoms with Crippen molar-refractivity contribution >= 4 is 18.4 Å². The first-order chi connectivity index (χ1) is 6.15. The SMILES string of the molecule is NCC(=O)c1ccc(B(O)O)cn1. The van der Waals surface area contributed by atoms with E-state index in [0.29, 0.717) is 0 Å². The average Bonchev–Trinajstić information content (AvgIpc) is 2.17. The van der Waals surface area contributed by atoms with Gasteiger partial charge in [-0.05, 0) is 6.07 Å². The third-order valence-corrected chi connectivity index (χ3v) is 1.56. The van der Waals surface area contributed by atoms with Gasteiger partial charge in [0.05, 0.1) is 6.54 Å². The number of hydrogen-bond donors (Lipinski definition) is 3. The highest BCUT2D eigenvalue weighted by atomic mass is 16.4. The van der Waals surface area contributed by atoms with Crippen LogP contribution in [0.1, 0.15) is 10.5 Å². The molecule has 0 amide bonds. The topological polar surface area (TPSA) is 96.4 Å². The minimum Gasteiger partial charge on any atom is -0.423 e. The Morgan fingerprint density at radius 2 is 2.23 bits per heavy atom. The van der Waals surface area contributed by atoms with E-state index in [1.807, 2.05) is 0 Å². The lowest BCUT2D eigenvalue weighted by molar-refractivity contribution is 0.0996. The summed E-state index contributed by atoms with van der Waals surface area (Å²) in [7, 11) is -1.56. The van der Waals surface area contributed by atoms with E-state index in [-0.39, 0.29) is 23.5 Å². The number of nitrogens with two attached hydrogens (primary N) is 1. The van der Waals surface area contributed by atoms with Gasteiger partial charge in [0.2, 0.25) is 0 Å². The Bertz CT molecular complexity index is 299. The highest BCUT2D eigenvalue weighted by molar-refractivity contribution is 6.58. The summed E-state index contributed by atoms with van der Waals surface area (Å²) in [6, 6.07) is 2.82. The third kappa shape index (κ3) is 2.35. The van der Waals surface area contributed by atoms with Crippen molar-refractivity contribution in [3.63, 3.8) is 0 Å². The van der Waals surface area contributed by atoms with Crippen LogP contribution in [0.5, 0.6) is 0 Å². The standard InChI is InChI=1S/C7H9BN2O3/c9-3-7(11)6-2-1-5(4-10-6)8(12)13/h1-2,4,12-13H,3,9H2. The molecule has 0 radical (unpaired) electrons. The second kappa shape index (κ2) is 4.13. The Labute approximate surface area is 75.4 Å². The van der Waals surface area contributed by atoms with Crippen LogP contribution >= 0.6 is 0 Å². The van der Waals surface area contributed by atoms with Gasteiger partial charge in [-0.15, -0.1) is 0 Å². The zero-order valence-corrected chi connectivity index (χ0v) is 6.84. The molecule has 0 aliphatic carbocycles. The quantitative estimate of drug-likeness (QED) is 0.365. The lowest BCUT2D eigenvalue weighted by Gasteiger charge is -1.99.